The van der Waals surface area contributed by atoms with Gasteiger partial charge in [0.05, 0.1) is 18.2 Å². The van der Waals surface area contributed by atoms with Gasteiger partial charge in [0.25, 0.3) is 0 Å². The first-order valence-corrected chi connectivity index (χ1v) is 9.79. The number of hydrogen-bond donors (Lipinski definition) is 1. The van der Waals surface area contributed by atoms with Crippen LogP contribution in [0.5, 0.6) is 0 Å². The molecule has 4 nitrogen and oxygen atoms in total. The fourth-order valence-electron chi connectivity index (χ4n) is 2.80. The summed E-state index contributed by atoms with van der Waals surface area (Å²) in [5, 5.41) is 6.39. The molecule has 0 bridgehead atoms. The fourth-order valence-corrected chi connectivity index (χ4v) is 3.59. The molecule has 3 aromatic rings. The number of nitrogens with zero attached hydrogens (tertiary/aromatic N) is 2. The van der Waals surface area contributed by atoms with Crippen molar-refractivity contribution in [3.63, 3.8) is 0 Å². The zero-order valence-electron chi connectivity index (χ0n) is 16.3. The summed E-state index contributed by atoms with van der Waals surface area (Å²) in [7, 11) is 1.71. The first-order valence-electron chi connectivity index (χ1n) is 8.91. The quantitative estimate of drug-likeness (QED) is 0.243. The lowest BCUT2D eigenvalue weighted by atomic mass is 9.98. The van der Waals surface area contributed by atoms with Crippen LogP contribution >= 0.6 is 11.3 Å². The van der Waals surface area contributed by atoms with Gasteiger partial charge in [-0.15, -0.1) is 11.3 Å². The Balaban J connectivity index is 1.78. The molecule has 2 aromatic carbocycles. The molecule has 0 aliphatic heterocycles. The van der Waals surface area contributed by atoms with E-state index in [2.05, 4.69) is 71.7 Å². The molecule has 0 spiro atoms. The Morgan fingerprint density at radius 2 is 1.86 bits per heavy atom. The lowest BCUT2D eigenvalue weighted by Gasteiger charge is -2.11. The second-order valence-corrected chi connectivity index (χ2v) is 7.21. The van der Waals surface area contributed by atoms with E-state index in [0.29, 0.717) is 5.90 Å². The third kappa shape index (κ3) is 4.56. The molecule has 142 valence electrons. The van der Waals surface area contributed by atoms with Gasteiger partial charge >= 0.3 is 0 Å². The van der Waals surface area contributed by atoms with Gasteiger partial charge in [-0.05, 0) is 71.8 Å². The van der Waals surface area contributed by atoms with Crippen molar-refractivity contribution < 1.29 is 4.74 Å². The van der Waals surface area contributed by atoms with Crippen molar-refractivity contribution in [1.82, 2.24) is 0 Å². The average Bonchev–Trinajstić information content (AvgIpc) is 3.12. The molecule has 1 heterocycles. The molecule has 0 aliphatic carbocycles. The first-order chi connectivity index (χ1) is 13.6. The van der Waals surface area contributed by atoms with Crippen molar-refractivity contribution in [3.05, 3.63) is 88.3 Å². The molecule has 0 saturated carbocycles. The number of hydrogen-bond acceptors (Lipinski definition) is 5. The minimum atomic E-state index is 0.549. The predicted octanol–water partition coefficient (Wildman–Crippen LogP) is 6.01. The molecule has 1 N–H and O–H groups in total. The van der Waals surface area contributed by atoms with Crippen molar-refractivity contribution in [2.45, 2.75) is 13.8 Å². The summed E-state index contributed by atoms with van der Waals surface area (Å²) in [6, 6.07) is 16.5. The minimum Gasteiger partial charge on any atom is -0.447 e. The number of aryl methyl sites for hydroxylation is 2. The number of benzene rings is 2. The summed E-state index contributed by atoms with van der Waals surface area (Å²) >= 11 is 1.68. The van der Waals surface area contributed by atoms with E-state index >= 15 is 0 Å². The standard InChI is InChI=1S/C23H23N3OS/c1-5-27-23(24-4)19-7-6-16(2)21(14-19)18-8-10-20(11-9-18)26-25-15-22-17(3)12-13-28-22/h5-15,26H,1H2,2-4H3/b24-23-,25-15+. The highest BCUT2D eigenvalue weighted by Crippen LogP contribution is 2.26. The Kier molecular flexibility index (Phi) is 6.40. The van der Waals surface area contributed by atoms with Crippen LogP contribution in [0.25, 0.3) is 11.1 Å². The van der Waals surface area contributed by atoms with E-state index in [-0.39, 0.29) is 0 Å². The third-order valence-corrected chi connectivity index (χ3v) is 5.31. The second-order valence-electron chi connectivity index (χ2n) is 6.26. The summed E-state index contributed by atoms with van der Waals surface area (Å²) in [6.07, 6.45) is 3.24. The van der Waals surface area contributed by atoms with Crippen LogP contribution in [0.1, 0.15) is 21.6 Å². The highest BCUT2D eigenvalue weighted by molar-refractivity contribution is 7.11. The minimum absolute atomic E-state index is 0.549. The Labute approximate surface area is 169 Å². The van der Waals surface area contributed by atoms with Crippen molar-refractivity contribution in [1.29, 1.82) is 0 Å². The maximum atomic E-state index is 5.40. The largest absolute Gasteiger partial charge is 0.447 e. The van der Waals surface area contributed by atoms with Crippen molar-refractivity contribution in [3.8, 4) is 11.1 Å². The first kappa shape index (κ1) is 19.6. The number of anilines is 1. The van der Waals surface area contributed by atoms with Crippen LogP contribution in [-0.2, 0) is 4.74 Å². The molecule has 1 aromatic heterocycles. The van der Waals surface area contributed by atoms with Crippen LogP contribution < -0.4 is 5.43 Å². The Bertz CT molecular complexity index is 1020. The van der Waals surface area contributed by atoms with Gasteiger partial charge in [-0.2, -0.15) is 5.10 Å². The van der Waals surface area contributed by atoms with Crippen molar-refractivity contribution >= 4 is 29.1 Å². The topological polar surface area (TPSA) is 46.0 Å². The average molecular weight is 390 g/mol. The molecule has 0 fully saturated rings. The van der Waals surface area contributed by atoms with Gasteiger partial charge in [0.2, 0.25) is 5.90 Å². The number of aliphatic imine (C=N–C) groups is 1. The Morgan fingerprint density at radius 1 is 1.07 bits per heavy atom. The molecule has 0 saturated heterocycles. The molecule has 5 heteroatoms. The maximum absolute atomic E-state index is 5.40. The van der Waals surface area contributed by atoms with E-state index in [1.54, 1.807) is 18.4 Å². The molecular formula is C23H23N3OS. The summed E-state index contributed by atoms with van der Waals surface area (Å²) < 4.78 is 5.40. The molecule has 0 aliphatic rings. The van der Waals surface area contributed by atoms with E-state index in [9.17, 15) is 0 Å². The fraction of sp³-hybridized carbons (Fsp3) is 0.130. The van der Waals surface area contributed by atoms with Crippen molar-refractivity contribution in [2.75, 3.05) is 12.5 Å². The van der Waals surface area contributed by atoms with Crippen LogP contribution in [0.15, 0.2) is 76.8 Å². The SMILES string of the molecule is C=CO/C(=N\C)c1ccc(C)c(-c2ccc(N/N=C/c3sccc3C)cc2)c1. The smallest absolute Gasteiger partial charge is 0.220 e. The Morgan fingerprint density at radius 3 is 2.50 bits per heavy atom. The highest BCUT2D eigenvalue weighted by Gasteiger charge is 2.08. The molecule has 0 amide bonds. The van der Waals surface area contributed by atoms with Gasteiger partial charge in [-0.1, -0.05) is 24.8 Å². The summed E-state index contributed by atoms with van der Waals surface area (Å²) in [5.41, 5.74) is 9.62. The second kappa shape index (κ2) is 9.15. The number of rotatable bonds is 6. The molecule has 0 atom stereocenters. The summed E-state index contributed by atoms with van der Waals surface area (Å²) in [6.45, 7) is 7.78. The molecule has 0 radical (unpaired) electrons. The number of thiophene rings is 1. The van der Waals surface area contributed by atoms with Crippen LogP contribution in [-0.4, -0.2) is 19.2 Å². The molecule has 0 unspecified atom stereocenters. The predicted molar refractivity (Wildman–Crippen MR) is 121 cm³/mol. The van der Waals surface area contributed by atoms with Crippen molar-refractivity contribution in [2.24, 2.45) is 10.1 Å². The van der Waals surface area contributed by atoms with Gasteiger partial charge < -0.3 is 4.74 Å². The van der Waals surface area contributed by atoms with E-state index in [4.69, 9.17) is 4.74 Å². The molecule has 28 heavy (non-hydrogen) atoms. The van der Waals surface area contributed by atoms with Gasteiger partial charge in [0, 0.05) is 17.5 Å². The van der Waals surface area contributed by atoms with Gasteiger partial charge in [-0.25, -0.2) is 0 Å². The number of hydrazone groups is 1. The van der Waals surface area contributed by atoms with Crippen LogP contribution in [0.4, 0.5) is 5.69 Å². The van der Waals surface area contributed by atoms with Crippen LogP contribution in [0, 0.1) is 13.8 Å². The zero-order chi connectivity index (χ0) is 19.9. The molecular weight excluding hydrogens is 366 g/mol. The highest BCUT2D eigenvalue weighted by atomic mass is 32.1. The number of nitrogens with one attached hydrogen (secondary N) is 1. The molecule has 3 rings (SSSR count). The zero-order valence-corrected chi connectivity index (χ0v) is 17.1. The Hall–Kier alpha value is -3.18. The van der Waals surface area contributed by atoms with E-state index in [1.807, 2.05) is 24.4 Å². The summed E-state index contributed by atoms with van der Waals surface area (Å²) in [4.78, 5) is 5.34. The van der Waals surface area contributed by atoms with Crippen LogP contribution in [0.3, 0.4) is 0 Å². The normalized spacial score (nSPS) is 11.6. The van der Waals surface area contributed by atoms with Crippen LogP contribution in [0.2, 0.25) is 0 Å². The van der Waals surface area contributed by atoms with E-state index in [1.165, 1.54) is 17.4 Å². The van der Waals surface area contributed by atoms with Gasteiger partial charge in [0.15, 0.2) is 0 Å². The number of ether oxygens (including phenoxy) is 1. The summed E-state index contributed by atoms with van der Waals surface area (Å²) in [5.74, 6) is 0.549. The van der Waals surface area contributed by atoms with Gasteiger partial charge in [0.1, 0.15) is 0 Å². The van der Waals surface area contributed by atoms with E-state index < -0.39 is 0 Å². The van der Waals surface area contributed by atoms with Gasteiger partial charge in [-0.3, -0.25) is 10.4 Å². The lowest BCUT2D eigenvalue weighted by molar-refractivity contribution is 0.475. The van der Waals surface area contributed by atoms with E-state index in [0.717, 1.165) is 27.3 Å². The monoisotopic (exact) mass is 389 g/mol. The lowest BCUT2D eigenvalue weighted by Crippen LogP contribution is -2.03. The third-order valence-electron chi connectivity index (χ3n) is 4.36. The maximum Gasteiger partial charge on any atom is 0.220 e.